The maximum atomic E-state index is 11.7. The number of non-ortho nitro benzene ring substituents is 1. The molecular weight excluding hydrogens is 236 g/mol. The second-order valence-corrected chi connectivity index (χ2v) is 4.99. The van der Waals surface area contributed by atoms with Crippen molar-refractivity contribution < 1.29 is 14.8 Å². The highest BCUT2D eigenvalue weighted by Gasteiger charge is 2.22. The van der Waals surface area contributed by atoms with Gasteiger partial charge in [0.25, 0.3) is 11.6 Å². The van der Waals surface area contributed by atoms with E-state index in [2.05, 4.69) is 5.32 Å². The summed E-state index contributed by atoms with van der Waals surface area (Å²) >= 11 is 0. The van der Waals surface area contributed by atoms with Gasteiger partial charge in [-0.1, -0.05) is 0 Å². The Kier molecular flexibility index (Phi) is 4.03. The summed E-state index contributed by atoms with van der Waals surface area (Å²) in [7, 11) is 0. The van der Waals surface area contributed by atoms with Crippen molar-refractivity contribution in [1.82, 2.24) is 5.32 Å². The molecule has 18 heavy (non-hydrogen) atoms. The molecule has 1 aromatic carbocycles. The van der Waals surface area contributed by atoms with Crippen molar-refractivity contribution in [3.63, 3.8) is 0 Å². The van der Waals surface area contributed by atoms with E-state index in [1.54, 1.807) is 20.8 Å². The van der Waals surface area contributed by atoms with Crippen molar-refractivity contribution in [2.75, 3.05) is 0 Å². The molecule has 0 heterocycles. The smallest absolute Gasteiger partial charge is 0.269 e. The van der Waals surface area contributed by atoms with E-state index >= 15 is 0 Å². The molecule has 1 rings (SSSR count). The van der Waals surface area contributed by atoms with Gasteiger partial charge in [-0.15, -0.1) is 0 Å². The third-order valence-electron chi connectivity index (χ3n) is 2.17. The van der Waals surface area contributed by atoms with Gasteiger partial charge in [0.2, 0.25) is 0 Å². The molecular formula is C12H16N2O4. The van der Waals surface area contributed by atoms with Crippen LogP contribution in [0.1, 0.15) is 32.4 Å². The van der Waals surface area contributed by atoms with Crippen LogP contribution in [-0.2, 0) is 4.79 Å². The Balaban J connectivity index is 2.81. The summed E-state index contributed by atoms with van der Waals surface area (Å²) in [5, 5.41) is 22.9. The lowest BCUT2D eigenvalue weighted by Crippen LogP contribution is -2.43. The Morgan fingerprint density at radius 2 is 1.83 bits per heavy atom. The molecule has 0 aliphatic heterocycles. The largest absolute Gasteiger partial charge is 0.378 e. The molecule has 6 heteroatoms. The van der Waals surface area contributed by atoms with Crippen LogP contribution in [-0.4, -0.2) is 21.5 Å². The van der Waals surface area contributed by atoms with Crippen molar-refractivity contribution >= 4 is 11.6 Å². The van der Waals surface area contributed by atoms with Crippen LogP contribution in [0, 0.1) is 10.1 Å². The van der Waals surface area contributed by atoms with Crippen molar-refractivity contribution in [2.45, 2.75) is 32.4 Å². The quantitative estimate of drug-likeness (QED) is 0.630. The van der Waals surface area contributed by atoms with Gasteiger partial charge >= 0.3 is 0 Å². The number of aliphatic hydroxyl groups excluding tert-OH is 1. The first-order chi connectivity index (χ1) is 8.20. The minimum absolute atomic E-state index is 0.0813. The molecule has 0 saturated heterocycles. The molecule has 0 saturated carbocycles. The van der Waals surface area contributed by atoms with Gasteiger partial charge in [0, 0.05) is 17.7 Å². The third-order valence-corrected chi connectivity index (χ3v) is 2.17. The number of aliphatic hydroxyl groups is 1. The van der Waals surface area contributed by atoms with Crippen LogP contribution in [0.15, 0.2) is 24.3 Å². The molecule has 0 spiro atoms. The molecule has 0 aliphatic rings. The first-order valence-corrected chi connectivity index (χ1v) is 5.45. The second-order valence-electron chi connectivity index (χ2n) is 4.99. The standard InChI is InChI=1S/C12H16N2O4/c1-12(2,3)13-11(16)10(15)8-4-6-9(7-5-8)14(17)18/h4-7,10,15H,1-3H3,(H,13,16). The summed E-state index contributed by atoms with van der Waals surface area (Å²) in [4.78, 5) is 21.6. The number of benzene rings is 1. The van der Waals surface area contributed by atoms with Crippen LogP contribution in [0.3, 0.4) is 0 Å². The van der Waals surface area contributed by atoms with E-state index in [-0.39, 0.29) is 5.69 Å². The van der Waals surface area contributed by atoms with E-state index in [4.69, 9.17) is 0 Å². The molecule has 1 amide bonds. The summed E-state index contributed by atoms with van der Waals surface area (Å²) in [5.41, 5.74) is -0.205. The van der Waals surface area contributed by atoms with Gasteiger partial charge < -0.3 is 10.4 Å². The molecule has 1 aromatic rings. The summed E-state index contributed by atoms with van der Waals surface area (Å²) in [5.74, 6) is -0.531. The first kappa shape index (κ1) is 14.1. The van der Waals surface area contributed by atoms with Crippen LogP contribution in [0.5, 0.6) is 0 Å². The number of hydrogen-bond acceptors (Lipinski definition) is 4. The van der Waals surface area contributed by atoms with E-state index in [0.29, 0.717) is 5.56 Å². The normalized spacial score (nSPS) is 12.9. The van der Waals surface area contributed by atoms with Crippen LogP contribution < -0.4 is 5.32 Å². The maximum Gasteiger partial charge on any atom is 0.269 e. The van der Waals surface area contributed by atoms with Crippen molar-refractivity contribution in [3.05, 3.63) is 39.9 Å². The molecule has 0 bridgehead atoms. The van der Waals surface area contributed by atoms with Crippen molar-refractivity contribution in [1.29, 1.82) is 0 Å². The number of carbonyl (C=O) groups is 1. The van der Waals surface area contributed by atoms with E-state index < -0.39 is 22.5 Å². The highest BCUT2D eigenvalue weighted by atomic mass is 16.6. The molecule has 0 aliphatic carbocycles. The maximum absolute atomic E-state index is 11.7. The minimum atomic E-state index is -1.33. The molecule has 0 aromatic heterocycles. The highest BCUT2D eigenvalue weighted by molar-refractivity contribution is 5.82. The number of nitro groups is 1. The number of hydrogen-bond donors (Lipinski definition) is 2. The summed E-state index contributed by atoms with van der Waals surface area (Å²) in [6.07, 6.45) is -1.33. The van der Waals surface area contributed by atoms with Crippen LogP contribution >= 0.6 is 0 Å². The molecule has 2 N–H and O–H groups in total. The highest BCUT2D eigenvalue weighted by Crippen LogP contribution is 2.18. The fourth-order valence-electron chi connectivity index (χ4n) is 1.37. The van der Waals surface area contributed by atoms with Crippen LogP contribution in [0.4, 0.5) is 5.69 Å². The Labute approximate surface area is 105 Å². The lowest BCUT2D eigenvalue weighted by molar-refractivity contribution is -0.384. The summed E-state index contributed by atoms with van der Waals surface area (Å²) < 4.78 is 0. The van der Waals surface area contributed by atoms with Gasteiger partial charge in [0.1, 0.15) is 0 Å². The lowest BCUT2D eigenvalue weighted by atomic mass is 10.1. The zero-order chi connectivity index (χ0) is 13.9. The second kappa shape index (κ2) is 5.14. The SMILES string of the molecule is CC(C)(C)NC(=O)C(O)c1ccc([N+](=O)[O-])cc1. The zero-order valence-corrected chi connectivity index (χ0v) is 10.5. The van der Waals surface area contributed by atoms with E-state index in [9.17, 15) is 20.0 Å². The first-order valence-electron chi connectivity index (χ1n) is 5.45. The Morgan fingerprint density at radius 3 is 2.22 bits per heavy atom. The molecule has 6 nitrogen and oxygen atoms in total. The van der Waals surface area contributed by atoms with Gasteiger partial charge in [-0.3, -0.25) is 14.9 Å². The number of nitrogens with zero attached hydrogens (tertiary/aromatic N) is 1. The fraction of sp³-hybridized carbons (Fsp3) is 0.417. The topological polar surface area (TPSA) is 92.5 Å². The number of amides is 1. The predicted octanol–water partition coefficient (Wildman–Crippen LogP) is 1.54. The fourth-order valence-corrected chi connectivity index (χ4v) is 1.37. The van der Waals surface area contributed by atoms with Crippen LogP contribution in [0.25, 0.3) is 0 Å². The molecule has 1 unspecified atom stereocenters. The molecule has 0 fully saturated rings. The zero-order valence-electron chi connectivity index (χ0n) is 10.5. The monoisotopic (exact) mass is 252 g/mol. The van der Waals surface area contributed by atoms with Gasteiger partial charge in [-0.25, -0.2) is 0 Å². The summed E-state index contributed by atoms with van der Waals surface area (Å²) in [6, 6.07) is 5.24. The third kappa shape index (κ3) is 3.81. The average Bonchev–Trinajstić information content (AvgIpc) is 2.26. The Hall–Kier alpha value is -1.95. The lowest BCUT2D eigenvalue weighted by Gasteiger charge is -2.22. The van der Waals surface area contributed by atoms with E-state index in [1.165, 1.54) is 24.3 Å². The van der Waals surface area contributed by atoms with Gasteiger partial charge in [0.05, 0.1) is 4.92 Å². The van der Waals surface area contributed by atoms with Gasteiger partial charge in [-0.05, 0) is 38.5 Å². The van der Waals surface area contributed by atoms with E-state index in [0.717, 1.165) is 0 Å². The number of rotatable bonds is 3. The van der Waals surface area contributed by atoms with Crippen molar-refractivity contribution in [3.8, 4) is 0 Å². The Morgan fingerprint density at radius 1 is 1.33 bits per heavy atom. The average molecular weight is 252 g/mol. The number of nitro benzene ring substituents is 1. The molecule has 1 atom stereocenters. The van der Waals surface area contributed by atoms with Gasteiger partial charge in [0.15, 0.2) is 6.10 Å². The number of carbonyl (C=O) groups excluding carboxylic acids is 1. The number of nitrogens with one attached hydrogen (secondary N) is 1. The summed E-state index contributed by atoms with van der Waals surface area (Å²) in [6.45, 7) is 5.40. The minimum Gasteiger partial charge on any atom is -0.378 e. The van der Waals surface area contributed by atoms with E-state index in [1.807, 2.05) is 0 Å². The van der Waals surface area contributed by atoms with Crippen molar-refractivity contribution in [2.24, 2.45) is 0 Å². The molecule has 0 radical (unpaired) electrons. The van der Waals surface area contributed by atoms with Gasteiger partial charge in [-0.2, -0.15) is 0 Å². The molecule has 98 valence electrons. The predicted molar refractivity (Wildman–Crippen MR) is 66.0 cm³/mol. The van der Waals surface area contributed by atoms with Crippen LogP contribution in [0.2, 0.25) is 0 Å². The Bertz CT molecular complexity index is 448.